The highest BCUT2D eigenvalue weighted by molar-refractivity contribution is 5.91. The average molecular weight is 299 g/mol. The lowest BCUT2D eigenvalue weighted by Crippen LogP contribution is -1.94. The number of hydrogen-bond donors (Lipinski definition) is 1. The second-order valence-electron chi connectivity index (χ2n) is 5.50. The van der Waals surface area contributed by atoms with Gasteiger partial charge in [0.1, 0.15) is 0 Å². The van der Waals surface area contributed by atoms with Crippen LogP contribution in [-0.4, -0.2) is 9.97 Å². The molecule has 0 saturated carbocycles. The molecule has 112 valence electrons. The van der Waals surface area contributed by atoms with Gasteiger partial charge in [-0.25, -0.2) is 4.98 Å². The van der Waals surface area contributed by atoms with Gasteiger partial charge in [0.05, 0.1) is 29.9 Å². The maximum Gasteiger partial charge on any atom is 0.0991 e. The van der Waals surface area contributed by atoms with Gasteiger partial charge in [-0.2, -0.15) is 5.26 Å². The van der Waals surface area contributed by atoms with Gasteiger partial charge in [-0.15, -0.1) is 0 Å². The Morgan fingerprint density at radius 2 is 1.91 bits per heavy atom. The van der Waals surface area contributed by atoms with Crippen molar-refractivity contribution in [2.24, 2.45) is 0 Å². The summed E-state index contributed by atoms with van der Waals surface area (Å²) >= 11 is 0. The number of nitrogens with one attached hydrogen (secondary N) is 1. The monoisotopic (exact) mass is 299 g/mol. The van der Waals surface area contributed by atoms with Crippen LogP contribution < -0.4 is 0 Å². The third-order valence-corrected chi connectivity index (χ3v) is 4.03. The molecule has 0 aliphatic heterocycles. The molecule has 1 aromatic heterocycles. The molecule has 23 heavy (non-hydrogen) atoms. The number of nitriles is 1. The maximum absolute atomic E-state index is 8.93. The van der Waals surface area contributed by atoms with E-state index in [1.165, 1.54) is 16.7 Å². The highest BCUT2D eigenvalue weighted by Crippen LogP contribution is 2.28. The molecule has 0 unspecified atom stereocenters. The zero-order valence-corrected chi connectivity index (χ0v) is 13.2. The Bertz CT molecular complexity index is 880. The van der Waals surface area contributed by atoms with E-state index in [9.17, 15) is 0 Å². The molecule has 1 N–H and O–H groups in total. The zero-order chi connectivity index (χ0) is 16.2. The Labute approximate surface area is 136 Å². The second kappa shape index (κ2) is 6.33. The third kappa shape index (κ3) is 3.07. The highest BCUT2D eigenvalue weighted by Gasteiger charge is 2.10. The number of nitrogens with zero attached hydrogens (tertiary/aromatic N) is 2. The van der Waals surface area contributed by atoms with Crippen LogP contribution in [-0.2, 0) is 0 Å². The first-order valence-electron chi connectivity index (χ1n) is 7.46. The van der Waals surface area contributed by atoms with Gasteiger partial charge in [0, 0.05) is 5.57 Å². The molecule has 0 fully saturated rings. The highest BCUT2D eigenvalue weighted by atomic mass is 14.9. The molecule has 0 saturated heterocycles. The summed E-state index contributed by atoms with van der Waals surface area (Å²) < 4.78 is 0. The fraction of sp³-hybridized carbons (Fsp3) is 0.100. The van der Waals surface area contributed by atoms with Gasteiger partial charge in [-0.05, 0) is 54.3 Å². The van der Waals surface area contributed by atoms with Gasteiger partial charge in [-0.3, -0.25) is 0 Å². The van der Waals surface area contributed by atoms with E-state index in [-0.39, 0.29) is 0 Å². The smallest absolute Gasteiger partial charge is 0.0991 e. The molecule has 0 aliphatic carbocycles. The zero-order valence-electron chi connectivity index (χ0n) is 13.2. The Morgan fingerprint density at radius 1 is 1.13 bits per heavy atom. The van der Waals surface area contributed by atoms with E-state index in [0.29, 0.717) is 5.56 Å². The third-order valence-electron chi connectivity index (χ3n) is 4.03. The van der Waals surface area contributed by atoms with Crippen LogP contribution in [0.25, 0.3) is 11.6 Å². The molecule has 3 heteroatoms. The van der Waals surface area contributed by atoms with Crippen LogP contribution in [0.4, 0.5) is 0 Å². The fourth-order valence-electron chi connectivity index (χ4n) is 2.57. The predicted molar refractivity (Wildman–Crippen MR) is 92.6 cm³/mol. The van der Waals surface area contributed by atoms with Crippen LogP contribution in [0.2, 0.25) is 0 Å². The summed E-state index contributed by atoms with van der Waals surface area (Å²) in [7, 11) is 0. The fourth-order valence-corrected chi connectivity index (χ4v) is 2.57. The van der Waals surface area contributed by atoms with Gasteiger partial charge < -0.3 is 4.98 Å². The second-order valence-corrected chi connectivity index (χ2v) is 5.50. The van der Waals surface area contributed by atoms with Crippen molar-refractivity contribution < 1.29 is 0 Å². The molecule has 0 radical (unpaired) electrons. The van der Waals surface area contributed by atoms with Crippen LogP contribution in [0, 0.1) is 25.2 Å². The summed E-state index contributed by atoms with van der Waals surface area (Å²) in [6.07, 6.45) is 5.64. The molecule has 0 aliphatic rings. The van der Waals surface area contributed by atoms with E-state index in [1.54, 1.807) is 6.33 Å². The number of imidazole rings is 1. The minimum absolute atomic E-state index is 0.664. The van der Waals surface area contributed by atoms with Crippen LogP contribution in [0.15, 0.2) is 55.0 Å². The summed E-state index contributed by atoms with van der Waals surface area (Å²) in [5, 5.41) is 8.93. The summed E-state index contributed by atoms with van der Waals surface area (Å²) in [4.78, 5) is 7.34. The molecule has 0 atom stereocenters. The molecule has 2 aromatic carbocycles. The summed E-state index contributed by atoms with van der Waals surface area (Å²) in [6.45, 7) is 4.25. The minimum Gasteiger partial charge on any atom is -0.345 e. The van der Waals surface area contributed by atoms with Gasteiger partial charge in [-0.1, -0.05) is 30.3 Å². The molecule has 1 heterocycles. The van der Waals surface area contributed by atoms with E-state index in [0.717, 1.165) is 16.8 Å². The number of hydrogen-bond acceptors (Lipinski definition) is 2. The molecule has 3 rings (SSSR count). The SMILES string of the molecule is Cc1cccc(/C(=C/c2ccc(C#N)cc2)c2cnc[nH]2)c1C. The lowest BCUT2D eigenvalue weighted by molar-refractivity contribution is 1.28. The standard InChI is InChI=1S/C20H17N3/c1-14-4-3-5-18(15(14)2)19(20-12-22-13-23-20)10-16-6-8-17(11-21)9-7-16/h3-10,12-13H,1-2H3,(H,22,23)/b19-10-. The average Bonchev–Trinajstić information content (AvgIpc) is 3.10. The van der Waals surface area contributed by atoms with E-state index in [4.69, 9.17) is 5.26 Å². The van der Waals surface area contributed by atoms with Gasteiger partial charge in [0.15, 0.2) is 0 Å². The normalized spacial score (nSPS) is 11.3. The van der Waals surface area contributed by atoms with Crippen molar-refractivity contribution in [1.29, 1.82) is 5.26 Å². The first kappa shape index (κ1) is 14.8. The van der Waals surface area contributed by atoms with E-state index in [2.05, 4.69) is 54.2 Å². The first-order valence-corrected chi connectivity index (χ1v) is 7.46. The number of benzene rings is 2. The minimum atomic E-state index is 0.664. The van der Waals surface area contributed by atoms with Crippen molar-refractivity contribution in [3.8, 4) is 6.07 Å². The molecule has 0 bridgehead atoms. The van der Waals surface area contributed by atoms with Crippen LogP contribution in [0.5, 0.6) is 0 Å². The number of aryl methyl sites for hydroxylation is 1. The molecule has 0 spiro atoms. The lowest BCUT2D eigenvalue weighted by Gasteiger charge is -2.12. The Morgan fingerprint density at radius 3 is 2.57 bits per heavy atom. The van der Waals surface area contributed by atoms with Crippen LogP contribution >= 0.6 is 0 Å². The number of H-pyrrole nitrogens is 1. The molecule has 0 amide bonds. The van der Waals surface area contributed by atoms with Crippen LogP contribution in [0.1, 0.15) is 33.5 Å². The van der Waals surface area contributed by atoms with Crippen LogP contribution in [0.3, 0.4) is 0 Å². The molecule has 3 aromatic rings. The number of rotatable bonds is 3. The van der Waals surface area contributed by atoms with E-state index in [1.807, 2.05) is 30.5 Å². The van der Waals surface area contributed by atoms with Crippen molar-refractivity contribution in [3.05, 3.63) is 88.5 Å². The quantitative estimate of drug-likeness (QED) is 0.725. The summed E-state index contributed by atoms with van der Waals surface area (Å²) in [6, 6.07) is 16.0. The Hall–Kier alpha value is -3.12. The predicted octanol–water partition coefficient (Wildman–Crippen LogP) is 4.49. The molecular weight excluding hydrogens is 282 g/mol. The number of aromatic amines is 1. The topological polar surface area (TPSA) is 52.5 Å². The van der Waals surface area contributed by atoms with Crippen molar-refractivity contribution in [3.63, 3.8) is 0 Å². The van der Waals surface area contributed by atoms with E-state index >= 15 is 0 Å². The van der Waals surface area contributed by atoms with Crippen molar-refractivity contribution >= 4 is 11.6 Å². The van der Waals surface area contributed by atoms with Gasteiger partial charge in [0.2, 0.25) is 0 Å². The van der Waals surface area contributed by atoms with Crippen molar-refractivity contribution in [2.45, 2.75) is 13.8 Å². The number of aromatic nitrogens is 2. The summed E-state index contributed by atoms with van der Waals surface area (Å²) in [5.41, 5.74) is 7.47. The van der Waals surface area contributed by atoms with Gasteiger partial charge in [0.25, 0.3) is 0 Å². The van der Waals surface area contributed by atoms with Crippen molar-refractivity contribution in [1.82, 2.24) is 9.97 Å². The first-order chi connectivity index (χ1) is 11.2. The lowest BCUT2D eigenvalue weighted by atomic mass is 9.93. The Kier molecular flexibility index (Phi) is 4.07. The molecular formula is C20H17N3. The van der Waals surface area contributed by atoms with Gasteiger partial charge >= 0.3 is 0 Å². The Balaban J connectivity index is 2.15. The summed E-state index contributed by atoms with van der Waals surface area (Å²) in [5.74, 6) is 0. The van der Waals surface area contributed by atoms with E-state index < -0.39 is 0 Å². The maximum atomic E-state index is 8.93. The molecule has 3 nitrogen and oxygen atoms in total. The largest absolute Gasteiger partial charge is 0.345 e. The van der Waals surface area contributed by atoms with Crippen molar-refractivity contribution in [2.75, 3.05) is 0 Å².